The molecule has 2 aliphatic carbocycles. The molecular weight excluding hydrogens is 492 g/mol. The smallest absolute Gasteiger partial charge is 0.124 e. The van der Waals surface area contributed by atoms with Crippen LogP contribution in [0.4, 0.5) is 0 Å². The zero-order chi connectivity index (χ0) is 26.2. The van der Waals surface area contributed by atoms with Crippen LogP contribution in [0.15, 0.2) is 60.8 Å². The maximum Gasteiger partial charge on any atom is 0.124 e. The van der Waals surface area contributed by atoms with Gasteiger partial charge in [-0.05, 0) is 115 Å². The molecule has 4 atom stereocenters. The summed E-state index contributed by atoms with van der Waals surface area (Å²) in [5.41, 5.74) is 12.7. The van der Waals surface area contributed by atoms with Gasteiger partial charge in [-0.1, -0.05) is 36.4 Å². The largest absolute Gasteiger partial charge is 0.341 e. The monoisotopic (exact) mass is 526 g/mol. The van der Waals surface area contributed by atoms with Crippen molar-refractivity contribution in [3.63, 3.8) is 0 Å². The van der Waals surface area contributed by atoms with Gasteiger partial charge in [0, 0.05) is 6.04 Å². The Bertz CT molecular complexity index is 1760. The molecule has 3 unspecified atom stereocenters. The molecule has 4 N–H and O–H groups in total. The number of rotatable bonds is 4. The van der Waals surface area contributed by atoms with Crippen LogP contribution in [0.5, 0.6) is 0 Å². The van der Waals surface area contributed by atoms with Gasteiger partial charge in [-0.25, -0.2) is 9.97 Å². The van der Waals surface area contributed by atoms with E-state index in [4.69, 9.17) is 4.98 Å². The minimum absolute atomic E-state index is 0.364. The summed E-state index contributed by atoms with van der Waals surface area (Å²) in [4.78, 5) is 16.9. The van der Waals surface area contributed by atoms with Gasteiger partial charge in [0.15, 0.2) is 0 Å². The Morgan fingerprint density at radius 2 is 1.55 bits per heavy atom. The first kappa shape index (κ1) is 23.0. The third-order valence-corrected chi connectivity index (χ3v) is 9.95. The van der Waals surface area contributed by atoms with Crippen molar-refractivity contribution in [2.24, 2.45) is 5.92 Å². The molecule has 6 heteroatoms. The Hall–Kier alpha value is -3.74. The summed E-state index contributed by atoms with van der Waals surface area (Å²) in [5.74, 6) is 2.91. The van der Waals surface area contributed by atoms with E-state index >= 15 is 0 Å². The van der Waals surface area contributed by atoms with Gasteiger partial charge in [-0.15, -0.1) is 0 Å². The highest BCUT2D eigenvalue weighted by atomic mass is 15.1. The lowest BCUT2D eigenvalue weighted by atomic mass is 9.83. The minimum Gasteiger partial charge on any atom is -0.341 e. The zero-order valence-electron chi connectivity index (χ0n) is 22.6. The second-order valence-electron chi connectivity index (χ2n) is 12.3. The molecule has 0 radical (unpaired) electrons. The molecule has 0 amide bonds. The molecule has 6 nitrogen and oxygen atoms in total. The molecule has 200 valence electrons. The van der Waals surface area contributed by atoms with Crippen molar-refractivity contribution in [3.8, 4) is 33.5 Å². The highest BCUT2D eigenvalue weighted by Crippen LogP contribution is 2.43. The number of hydrogen-bond acceptors (Lipinski definition) is 4. The van der Waals surface area contributed by atoms with E-state index in [0.29, 0.717) is 18.1 Å². The molecule has 2 saturated heterocycles. The normalized spacial score (nSPS) is 25.0. The molecule has 2 aromatic heterocycles. The topological polar surface area (TPSA) is 81.4 Å². The molecule has 2 bridgehead atoms. The molecule has 2 aliphatic heterocycles. The number of aromatic nitrogens is 4. The van der Waals surface area contributed by atoms with E-state index in [1.807, 2.05) is 6.20 Å². The van der Waals surface area contributed by atoms with Crippen LogP contribution in [0, 0.1) is 5.92 Å². The quantitative estimate of drug-likeness (QED) is 0.212. The van der Waals surface area contributed by atoms with Crippen molar-refractivity contribution in [2.45, 2.75) is 63.1 Å². The van der Waals surface area contributed by atoms with E-state index in [2.05, 4.69) is 80.2 Å². The summed E-state index contributed by atoms with van der Waals surface area (Å²) < 4.78 is 0. The van der Waals surface area contributed by atoms with Crippen molar-refractivity contribution in [3.05, 3.63) is 83.6 Å². The first-order valence-corrected chi connectivity index (χ1v) is 15.1. The van der Waals surface area contributed by atoms with Crippen LogP contribution in [0.2, 0.25) is 0 Å². The van der Waals surface area contributed by atoms with E-state index in [-0.39, 0.29) is 0 Å². The second kappa shape index (κ2) is 8.88. The zero-order valence-corrected chi connectivity index (χ0v) is 22.6. The van der Waals surface area contributed by atoms with Crippen LogP contribution < -0.4 is 10.6 Å². The van der Waals surface area contributed by atoms with Crippen molar-refractivity contribution >= 4 is 11.0 Å². The SMILES string of the molecule is c1cc2c(cc1-c1ccc3nc(C4N[C@H]5CCC4C5)[nH]c3c1)CCc1cc(-c3cnc(C4CCCN4)[nH]3)ccc1-2. The lowest BCUT2D eigenvalue weighted by Crippen LogP contribution is -2.29. The third-order valence-electron chi connectivity index (χ3n) is 9.95. The standard InChI is InChI=1S/C34H34N6/c1-2-29(35-13-1)33-36-18-31(40-33)23-7-11-27-22(15-23)4-3-21-14-19(6-10-26(21)27)20-8-12-28-30(17-20)39-34(38-28)32-24-5-9-25(16-24)37-32/h6-8,10-12,14-15,17-18,24-25,29,32,35,37H,1-5,9,13,16H2,(H,36,40)(H,38,39)/t24?,25-,29?,32?/m0/s1. The number of nitrogens with one attached hydrogen (secondary N) is 4. The molecular formula is C34H34N6. The van der Waals surface area contributed by atoms with Crippen LogP contribution >= 0.6 is 0 Å². The maximum absolute atomic E-state index is 4.97. The van der Waals surface area contributed by atoms with Crippen LogP contribution in [0.1, 0.15) is 67.0 Å². The average Bonchev–Trinajstić information content (AvgIpc) is 3.83. The summed E-state index contributed by atoms with van der Waals surface area (Å²) in [5, 5.41) is 7.32. The molecule has 9 rings (SSSR count). The van der Waals surface area contributed by atoms with Crippen molar-refractivity contribution in [1.29, 1.82) is 0 Å². The molecule has 3 fully saturated rings. The van der Waals surface area contributed by atoms with Gasteiger partial charge < -0.3 is 20.6 Å². The summed E-state index contributed by atoms with van der Waals surface area (Å²) in [7, 11) is 0. The van der Waals surface area contributed by atoms with Gasteiger partial charge in [0.05, 0.1) is 35.0 Å². The number of imidazole rings is 2. The molecule has 40 heavy (non-hydrogen) atoms. The molecule has 3 aromatic carbocycles. The van der Waals surface area contributed by atoms with E-state index in [0.717, 1.165) is 60.1 Å². The third kappa shape index (κ3) is 3.70. The summed E-state index contributed by atoms with van der Waals surface area (Å²) in [6.07, 6.45) is 10.4. The molecule has 1 saturated carbocycles. The lowest BCUT2D eigenvalue weighted by molar-refractivity contribution is 0.380. The van der Waals surface area contributed by atoms with Gasteiger partial charge in [0.2, 0.25) is 0 Å². The lowest BCUT2D eigenvalue weighted by Gasteiger charge is -2.21. The van der Waals surface area contributed by atoms with Gasteiger partial charge in [-0.2, -0.15) is 0 Å². The van der Waals surface area contributed by atoms with Crippen molar-refractivity contribution < 1.29 is 0 Å². The van der Waals surface area contributed by atoms with Crippen molar-refractivity contribution in [2.75, 3.05) is 6.54 Å². The number of aryl methyl sites for hydroxylation is 2. The summed E-state index contributed by atoms with van der Waals surface area (Å²) in [6.45, 7) is 1.08. The highest BCUT2D eigenvalue weighted by molar-refractivity contribution is 5.84. The fourth-order valence-electron chi connectivity index (χ4n) is 7.84. The van der Waals surface area contributed by atoms with E-state index < -0.39 is 0 Å². The Balaban J connectivity index is 0.995. The second-order valence-corrected chi connectivity index (χ2v) is 12.3. The number of nitrogens with zero attached hydrogens (tertiary/aromatic N) is 2. The first-order valence-electron chi connectivity index (χ1n) is 15.1. The summed E-state index contributed by atoms with van der Waals surface area (Å²) >= 11 is 0. The van der Waals surface area contributed by atoms with Gasteiger partial charge in [0.1, 0.15) is 11.6 Å². The van der Waals surface area contributed by atoms with Crippen LogP contribution in [-0.2, 0) is 12.8 Å². The molecule has 0 spiro atoms. The maximum atomic E-state index is 4.97. The average molecular weight is 527 g/mol. The Kier molecular flexibility index (Phi) is 5.11. The predicted molar refractivity (Wildman–Crippen MR) is 159 cm³/mol. The van der Waals surface area contributed by atoms with E-state index in [9.17, 15) is 0 Å². The van der Waals surface area contributed by atoms with Crippen LogP contribution in [0.25, 0.3) is 44.5 Å². The molecule has 4 heterocycles. The van der Waals surface area contributed by atoms with Gasteiger partial charge >= 0.3 is 0 Å². The van der Waals surface area contributed by atoms with E-state index in [1.54, 1.807) is 0 Å². The molecule has 5 aromatic rings. The molecule has 4 aliphatic rings. The fraction of sp³-hybridized carbons (Fsp3) is 0.353. The highest BCUT2D eigenvalue weighted by Gasteiger charge is 2.41. The number of fused-ring (bicyclic) bond motifs is 6. The van der Waals surface area contributed by atoms with Crippen LogP contribution in [-0.4, -0.2) is 32.5 Å². The summed E-state index contributed by atoms with van der Waals surface area (Å²) in [6, 6.07) is 22.0. The number of piperidine rings is 1. The van der Waals surface area contributed by atoms with Crippen LogP contribution in [0.3, 0.4) is 0 Å². The number of aromatic amines is 2. The van der Waals surface area contributed by atoms with Crippen molar-refractivity contribution in [1.82, 2.24) is 30.6 Å². The Morgan fingerprint density at radius 3 is 2.33 bits per heavy atom. The first-order chi connectivity index (χ1) is 19.7. The van der Waals surface area contributed by atoms with E-state index in [1.165, 1.54) is 64.6 Å². The van der Waals surface area contributed by atoms with Gasteiger partial charge in [0.25, 0.3) is 0 Å². The number of hydrogen-bond donors (Lipinski definition) is 4. The number of H-pyrrole nitrogens is 2. The Morgan fingerprint density at radius 1 is 0.750 bits per heavy atom. The minimum atomic E-state index is 0.364. The van der Waals surface area contributed by atoms with Gasteiger partial charge in [-0.3, -0.25) is 0 Å². The fourth-order valence-corrected chi connectivity index (χ4v) is 7.84. The number of benzene rings is 3. The Labute approximate surface area is 234 Å². The predicted octanol–water partition coefficient (Wildman–Crippen LogP) is 6.62.